The van der Waals surface area contributed by atoms with Gasteiger partial charge in [-0.15, -0.1) is 0 Å². The predicted octanol–water partition coefficient (Wildman–Crippen LogP) is 0.734. The first-order valence-electron chi connectivity index (χ1n) is 6.87. The molecule has 1 amide bonds. The molecule has 0 aliphatic heterocycles. The first kappa shape index (κ1) is 17.1. The number of fused-ring (bicyclic) bond motifs is 1. The number of rotatable bonds is 4. The van der Waals surface area contributed by atoms with Crippen molar-refractivity contribution in [3.05, 3.63) is 32.7 Å². The smallest absolute Gasteiger partial charge is 0.430 e. The standard InChI is InChI=1S/C13H16N6O5/c1-4-24-13(21)18(14)11-7-5-9(17(2)3)10(19(22)23)6-8(7)15-12(20)16-11/h5-6H,4,14H2,1-3H3,(H,15,16,20). The lowest BCUT2D eigenvalue weighted by atomic mass is 10.1. The Bertz CT molecular complexity index is 862. The van der Waals surface area contributed by atoms with Gasteiger partial charge in [-0.3, -0.25) is 10.1 Å². The van der Waals surface area contributed by atoms with Crippen molar-refractivity contribution in [2.24, 2.45) is 5.84 Å². The number of amides is 1. The van der Waals surface area contributed by atoms with Crippen LogP contribution in [0.25, 0.3) is 10.9 Å². The third-order valence-electron chi connectivity index (χ3n) is 3.18. The third kappa shape index (κ3) is 3.10. The van der Waals surface area contributed by atoms with Gasteiger partial charge in [-0.1, -0.05) is 0 Å². The number of carbonyl (C=O) groups is 1. The predicted molar refractivity (Wildman–Crippen MR) is 87.0 cm³/mol. The Labute approximate surface area is 135 Å². The van der Waals surface area contributed by atoms with E-state index in [-0.39, 0.29) is 34.7 Å². The van der Waals surface area contributed by atoms with E-state index in [4.69, 9.17) is 10.6 Å². The van der Waals surface area contributed by atoms with Crippen LogP contribution in [0.15, 0.2) is 16.9 Å². The van der Waals surface area contributed by atoms with Gasteiger partial charge in [0.05, 0.1) is 17.0 Å². The summed E-state index contributed by atoms with van der Waals surface area (Å²) in [5, 5.41) is 12.1. The molecule has 0 bridgehead atoms. The number of hydrogen-bond acceptors (Lipinski definition) is 8. The Morgan fingerprint density at radius 3 is 2.67 bits per heavy atom. The van der Waals surface area contributed by atoms with Gasteiger partial charge >= 0.3 is 11.8 Å². The van der Waals surface area contributed by atoms with E-state index in [1.54, 1.807) is 21.0 Å². The molecule has 0 fully saturated rings. The van der Waals surface area contributed by atoms with Crippen LogP contribution in [-0.4, -0.2) is 41.7 Å². The molecular weight excluding hydrogens is 320 g/mol. The Balaban J connectivity index is 2.77. The highest BCUT2D eigenvalue weighted by Gasteiger charge is 2.23. The number of nitro benzene ring substituents is 1. The van der Waals surface area contributed by atoms with E-state index in [9.17, 15) is 19.7 Å². The number of ether oxygens (including phenoxy) is 1. The third-order valence-corrected chi connectivity index (χ3v) is 3.18. The highest BCUT2D eigenvalue weighted by Crippen LogP contribution is 2.33. The Kier molecular flexibility index (Phi) is 4.64. The maximum atomic E-state index is 11.8. The van der Waals surface area contributed by atoms with Gasteiger partial charge < -0.3 is 14.6 Å². The van der Waals surface area contributed by atoms with E-state index in [0.717, 1.165) is 0 Å². The number of aromatic amines is 1. The average molecular weight is 336 g/mol. The number of nitro groups is 1. The number of nitrogens with two attached hydrogens (primary N) is 1. The average Bonchev–Trinajstić information content (AvgIpc) is 2.52. The lowest BCUT2D eigenvalue weighted by Crippen LogP contribution is -2.39. The van der Waals surface area contributed by atoms with E-state index in [1.807, 2.05) is 0 Å². The highest BCUT2D eigenvalue weighted by molar-refractivity contribution is 6.00. The van der Waals surface area contributed by atoms with E-state index >= 15 is 0 Å². The number of nitrogens with one attached hydrogen (secondary N) is 1. The monoisotopic (exact) mass is 336 g/mol. The van der Waals surface area contributed by atoms with Crippen LogP contribution in [-0.2, 0) is 4.74 Å². The van der Waals surface area contributed by atoms with Crippen LogP contribution in [0.2, 0.25) is 0 Å². The minimum atomic E-state index is -0.901. The summed E-state index contributed by atoms with van der Waals surface area (Å²) in [6.07, 6.45) is -0.901. The maximum Gasteiger partial charge on any atom is 0.430 e. The normalized spacial score (nSPS) is 10.5. The number of H-pyrrole nitrogens is 1. The zero-order chi connectivity index (χ0) is 18.0. The fourth-order valence-electron chi connectivity index (χ4n) is 2.13. The van der Waals surface area contributed by atoms with Gasteiger partial charge in [0.15, 0.2) is 5.82 Å². The molecule has 1 aromatic carbocycles. The fourth-order valence-corrected chi connectivity index (χ4v) is 2.13. The first-order chi connectivity index (χ1) is 11.3. The number of anilines is 2. The van der Waals surface area contributed by atoms with Crippen LogP contribution in [0.5, 0.6) is 0 Å². The number of hydrazine groups is 1. The molecule has 0 spiro atoms. The quantitative estimate of drug-likeness (QED) is 0.359. The summed E-state index contributed by atoms with van der Waals surface area (Å²) in [6.45, 7) is 1.69. The topological polar surface area (TPSA) is 148 Å². The maximum absolute atomic E-state index is 11.8. The SMILES string of the molecule is CCOC(=O)N(N)c1nc(=O)[nH]c2cc([N+](=O)[O-])c(N(C)C)cc12. The summed E-state index contributed by atoms with van der Waals surface area (Å²) in [5.41, 5.74) is -0.619. The molecule has 0 aliphatic carbocycles. The van der Waals surface area contributed by atoms with Gasteiger partial charge in [-0.25, -0.2) is 15.4 Å². The fraction of sp³-hybridized carbons (Fsp3) is 0.308. The van der Waals surface area contributed by atoms with Crippen LogP contribution in [0.3, 0.4) is 0 Å². The Hall–Kier alpha value is -3.21. The van der Waals surface area contributed by atoms with Gasteiger partial charge in [0.25, 0.3) is 5.69 Å². The van der Waals surface area contributed by atoms with Gasteiger partial charge in [-0.2, -0.15) is 9.99 Å². The van der Waals surface area contributed by atoms with Crippen molar-refractivity contribution in [1.82, 2.24) is 9.97 Å². The van der Waals surface area contributed by atoms with Crippen LogP contribution >= 0.6 is 0 Å². The lowest BCUT2D eigenvalue weighted by Gasteiger charge is -2.18. The number of hydrogen-bond donors (Lipinski definition) is 2. The second-order valence-electron chi connectivity index (χ2n) is 4.97. The van der Waals surface area contributed by atoms with Crippen molar-refractivity contribution in [3.63, 3.8) is 0 Å². The van der Waals surface area contributed by atoms with Gasteiger partial charge in [0.2, 0.25) is 0 Å². The van der Waals surface area contributed by atoms with Gasteiger partial charge in [-0.05, 0) is 13.0 Å². The van der Waals surface area contributed by atoms with Gasteiger partial charge in [0.1, 0.15) is 5.69 Å². The summed E-state index contributed by atoms with van der Waals surface area (Å²) in [5.74, 6) is 5.52. The first-order valence-corrected chi connectivity index (χ1v) is 6.87. The van der Waals surface area contributed by atoms with E-state index in [2.05, 4.69) is 9.97 Å². The largest absolute Gasteiger partial charge is 0.448 e. The molecule has 0 atom stereocenters. The van der Waals surface area contributed by atoms with Crippen molar-refractivity contribution in [2.75, 3.05) is 30.6 Å². The minimum Gasteiger partial charge on any atom is -0.448 e. The second-order valence-corrected chi connectivity index (χ2v) is 4.97. The molecule has 128 valence electrons. The zero-order valence-electron chi connectivity index (χ0n) is 13.3. The van der Waals surface area contributed by atoms with E-state index < -0.39 is 16.7 Å². The molecule has 1 heterocycles. The number of aromatic nitrogens is 2. The molecule has 0 unspecified atom stereocenters. The van der Waals surface area contributed by atoms with Crippen molar-refractivity contribution >= 4 is 34.2 Å². The zero-order valence-corrected chi connectivity index (χ0v) is 13.3. The van der Waals surface area contributed by atoms with Gasteiger partial charge in [0, 0.05) is 25.5 Å². The highest BCUT2D eigenvalue weighted by atomic mass is 16.6. The van der Waals surface area contributed by atoms with Crippen molar-refractivity contribution in [1.29, 1.82) is 0 Å². The summed E-state index contributed by atoms with van der Waals surface area (Å²) in [4.78, 5) is 41.8. The molecule has 11 heteroatoms. The molecule has 0 saturated carbocycles. The van der Waals surface area contributed by atoms with Crippen LogP contribution in [0.4, 0.5) is 22.0 Å². The van der Waals surface area contributed by atoms with E-state index in [0.29, 0.717) is 5.01 Å². The van der Waals surface area contributed by atoms with E-state index in [1.165, 1.54) is 17.0 Å². The number of benzene rings is 1. The molecule has 0 radical (unpaired) electrons. The molecule has 0 saturated heterocycles. The number of carbonyl (C=O) groups excluding carboxylic acids is 1. The molecule has 24 heavy (non-hydrogen) atoms. The number of nitrogens with zero attached hydrogens (tertiary/aromatic N) is 4. The molecule has 11 nitrogen and oxygen atoms in total. The summed E-state index contributed by atoms with van der Waals surface area (Å²) < 4.78 is 4.78. The van der Waals surface area contributed by atoms with Crippen molar-refractivity contribution < 1.29 is 14.5 Å². The molecule has 1 aromatic heterocycles. The summed E-state index contributed by atoms with van der Waals surface area (Å²) in [6, 6.07) is 2.61. The van der Waals surface area contributed by atoms with Crippen molar-refractivity contribution in [2.45, 2.75) is 6.92 Å². The molecular formula is C13H16N6O5. The molecule has 2 rings (SSSR count). The second kappa shape index (κ2) is 6.50. The van der Waals surface area contributed by atoms with Crippen LogP contribution in [0, 0.1) is 10.1 Å². The minimum absolute atomic E-state index is 0.0854. The molecule has 0 aliphatic rings. The molecule has 3 N–H and O–H groups in total. The summed E-state index contributed by atoms with van der Waals surface area (Å²) >= 11 is 0. The summed E-state index contributed by atoms with van der Waals surface area (Å²) in [7, 11) is 3.25. The van der Waals surface area contributed by atoms with Crippen LogP contribution in [0.1, 0.15) is 6.92 Å². The Morgan fingerprint density at radius 1 is 1.46 bits per heavy atom. The van der Waals surface area contributed by atoms with Crippen LogP contribution < -0.4 is 21.4 Å². The lowest BCUT2D eigenvalue weighted by molar-refractivity contribution is -0.384. The molecule has 2 aromatic rings. The van der Waals surface area contributed by atoms with Crippen molar-refractivity contribution in [3.8, 4) is 0 Å². The Morgan fingerprint density at radius 2 is 2.12 bits per heavy atom.